The first-order valence-corrected chi connectivity index (χ1v) is 15.1. The van der Waals surface area contributed by atoms with Gasteiger partial charge in [-0.2, -0.15) is 16.9 Å². The molecule has 0 unspecified atom stereocenters. The zero-order valence-electron chi connectivity index (χ0n) is 23.3. The minimum absolute atomic E-state index is 0.000642. The smallest absolute Gasteiger partial charge is 0.243 e. The summed E-state index contributed by atoms with van der Waals surface area (Å²) in [5, 5.41) is 10.9. The SMILES string of the molecule is CSCC[C@@H]1NC(=O)CCCN(C(=O)Cn2ccnc2)CCn2nc(-c3ccccc3)nc2[C@@H](C(C)C)NC1=O. The monoisotopic (exact) mass is 566 g/mol. The van der Waals surface area contributed by atoms with E-state index in [1.54, 1.807) is 39.9 Å². The number of imidazole rings is 1. The highest BCUT2D eigenvalue weighted by molar-refractivity contribution is 7.98. The summed E-state index contributed by atoms with van der Waals surface area (Å²) in [4.78, 5) is 50.3. The zero-order valence-corrected chi connectivity index (χ0v) is 24.1. The molecule has 0 saturated carbocycles. The second-order valence-corrected chi connectivity index (χ2v) is 11.2. The normalized spacial score (nSPS) is 19.1. The van der Waals surface area contributed by atoms with Crippen LogP contribution in [0.2, 0.25) is 0 Å². The fourth-order valence-electron chi connectivity index (χ4n) is 4.66. The van der Waals surface area contributed by atoms with Crippen molar-refractivity contribution in [3.8, 4) is 11.4 Å². The molecule has 0 saturated heterocycles. The van der Waals surface area contributed by atoms with Crippen LogP contribution in [0.25, 0.3) is 11.4 Å². The lowest BCUT2D eigenvalue weighted by atomic mass is 10.0. The molecule has 1 aliphatic heterocycles. The summed E-state index contributed by atoms with van der Waals surface area (Å²) in [7, 11) is 0. The molecule has 0 bridgehead atoms. The summed E-state index contributed by atoms with van der Waals surface area (Å²) in [6, 6.07) is 8.60. The highest BCUT2D eigenvalue weighted by Crippen LogP contribution is 2.24. The summed E-state index contributed by atoms with van der Waals surface area (Å²) in [5.74, 6) is 1.41. The highest BCUT2D eigenvalue weighted by Gasteiger charge is 2.30. The van der Waals surface area contributed by atoms with Gasteiger partial charge in [0.2, 0.25) is 17.7 Å². The Morgan fingerprint density at radius 2 is 1.93 bits per heavy atom. The van der Waals surface area contributed by atoms with E-state index >= 15 is 0 Å². The van der Waals surface area contributed by atoms with Gasteiger partial charge in [0, 0.05) is 37.5 Å². The van der Waals surface area contributed by atoms with E-state index < -0.39 is 12.1 Å². The van der Waals surface area contributed by atoms with Gasteiger partial charge in [0.15, 0.2) is 11.6 Å². The van der Waals surface area contributed by atoms with Crippen LogP contribution in [-0.2, 0) is 27.5 Å². The molecular weight excluding hydrogens is 528 g/mol. The molecule has 2 atom stereocenters. The Morgan fingerprint density at radius 1 is 1.12 bits per heavy atom. The molecule has 214 valence electrons. The molecule has 0 radical (unpaired) electrons. The average Bonchev–Trinajstić information content (AvgIpc) is 3.61. The summed E-state index contributed by atoms with van der Waals surface area (Å²) in [6.07, 6.45) is 8.19. The van der Waals surface area contributed by atoms with Crippen molar-refractivity contribution in [2.24, 2.45) is 5.92 Å². The summed E-state index contributed by atoms with van der Waals surface area (Å²) >= 11 is 1.63. The third kappa shape index (κ3) is 7.71. The van der Waals surface area contributed by atoms with Gasteiger partial charge in [-0.05, 0) is 30.8 Å². The maximum atomic E-state index is 13.5. The number of benzene rings is 1. The van der Waals surface area contributed by atoms with Crippen molar-refractivity contribution in [3.05, 3.63) is 54.9 Å². The Labute approximate surface area is 239 Å². The zero-order chi connectivity index (χ0) is 28.5. The molecule has 11 nitrogen and oxygen atoms in total. The molecule has 40 heavy (non-hydrogen) atoms. The van der Waals surface area contributed by atoms with Gasteiger partial charge >= 0.3 is 0 Å². The minimum Gasteiger partial charge on any atom is -0.344 e. The lowest BCUT2D eigenvalue weighted by Gasteiger charge is -2.28. The first kappa shape index (κ1) is 29.3. The quantitative estimate of drug-likeness (QED) is 0.450. The number of aromatic nitrogens is 5. The number of thioether (sulfide) groups is 1. The van der Waals surface area contributed by atoms with E-state index in [0.29, 0.717) is 44.1 Å². The van der Waals surface area contributed by atoms with Crippen LogP contribution < -0.4 is 10.6 Å². The number of carbonyl (C=O) groups is 3. The Kier molecular flexibility index (Phi) is 10.3. The van der Waals surface area contributed by atoms with Crippen molar-refractivity contribution in [1.29, 1.82) is 0 Å². The van der Waals surface area contributed by atoms with Gasteiger partial charge in [-0.1, -0.05) is 44.2 Å². The van der Waals surface area contributed by atoms with Crippen molar-refractivity contribution >= 4 is 29.5 Å². The number of amides is 3. The van der Waals surface area contributed by atoms with E-state index in [1.807, 2.05) is 55.1 Å². The Hall–Kier alpha value is -3.67. The molecule has 0 aliphatic carbocycles. The van der Waals surface area contributed by atoms with Gasteiger partial charge in [-0.15, -0.1) is 0 Å². The summed E-state index contributed by atoms with van der Waals surface area (Å²) in [6.45, 7) is 5.39. The number of hydrogen-bond acceptors (Lipinski definition) is 7. The Morgan fingerprint density at radius 3 is 2.62 bits per heavy atom. The molecule has 12 heteroatoms. The van der Waals surface area contributed by atoms with Gasteiger partial charge in [0.05, 0.1) is 18.9 Å². The summed E-state index contributed by atoms with van der Waals surface area (Å²) in [5.41, 5.74) is 0.868. The van der Waals surface area contributed by atoms with E-state index in [0.717, 1.165) is 11.3 Å². The Balaban J connectivity index is 1.69. The van der Waals surface area contributed by atoms with Gasteiger partial charge < -0.3 is 20.1 Å². The minimum atomic E-state index is -0.659. The van der Waals surface area contributed by atoms with Crippen LogP contribution >= 0.6 is 11.8 Å². The number of hydrogen-bond donors (Lipinski definition) is 2. The van der Waals surface area contributed by atoms with Crippen molar-refractivity contribution in [3.63, 3.8) is 0 Å². The van der Waals surface area contributed by atoms with Gasteiger partial charge in [-0.25, -0.2) is 14.6 Å². The average molecular weight is 567 g/mol. The van der Waals surface area contributed by atoms with Crippen molar-refractivity contribution in [1.82, 2.24) is 39.8 Å². The number of nitrogens with zero attached hydrogens (tertiary/aromatic N) is 6. The van der Waals surface area contributed by atoms with Crippen molar-refractivity contribution < 1.29 is 14.4 Å². The molecule has 3 aromatic rings. The first-order chi connectivity index (χ1) is 19.4. The molecule has 2 N–H and O–H groups in total. The number of rotatable bonds is 7. The largest absolute Gasteiger partial charge is 0.344 e. The molecule has 1 aliphatic rings. The molecule has 0 spiro atoms. The topological polar surface area (TPSA) is 127 Å². The van der Waals surface area contributed by atoms with E-state index in [9.17, 15) is 14.4 Å². The van der Waals surface area contributed by atoms with Gasteiger partial charge in [0.1, 0.15) is 12.6 Å². The molecule has 2 aromatic heterocycles. The predicted molar refractivity (Wildman–Crippen MR) is 154 cm³/mol. The van der Waals surface area contributed by atoms with E-state index in [4.69, 9.17) is 10.1 Å². The van der Waals surface area contributed by atoms with Crippen molar-refractivity contribution in [2.45, 2.75) is 58.3 Å². The standard InChI is InChI=1S/C28H38N8O3S/c1-20(2)25-27-32-26(21-8-5-4-6-9-21)33-36(27)16-15-35(24(38)18-34-14-12-29-19-34)13-7-10-23(37)30-22(11-17-40-3)28(39)31-25/h4-6,8-9,12,14,19-20,22,25H,7,10-11,13,15-18H2,1-3H3,(H,30,37)(H,31,39)/t22-,25+/m0/s1. The summed E-state index contributed by atoms with van der Waals surface area (Å²) < 4.78 is 3.54. The van der Waals surface area contributed by atoms with E-state index in [1.165, 1.54) is 0 Å². The lowest BCUT2D eigenvalue weighted by molar-refractivity contribution is -0.133. The maximum Gasteiger partial charge on any atom is 0.243 e. The molecule has 3 amide bonds. The predicted octanol–water partition coefficient (Wildman–Crippen LogP) is 2.52. The number of nitrogens with one attached hydrogen (secondary N) is 2. The number of carbonyl (C=O) groups excluding carboxylic acids is 3. The van der Waals surface area contributed by atoms with Crippen LogP contribution in [0.5, 0.6) is 0 Å². The fraction of sp³-hybridized carbons (Fsp3) is 0.500. The van der Waals surface area contributed by atoms with Crippen LogP contribution in [0, 0.1) is 5.92 Å². The molecular formula is C28H38N8O3S. The van der Waals surface area contributed by atoms with E-state index in [-0.39, 0.29) is 36.6 Å². The van der Waals surface area contributed by atoms with Gasteiger partial charge in [0.25, 0.3) is 0 Å². The van der Waals surface area contributed by atoms with E-state index in [2.05, 4.69) is 15.6 Å². The molecule has 3 heterocycles. The number of fused-ring (bicyclic) bond motifs is 1. The molecule has 4 rings (SSSR count). The molecule has 0 fully saturated rings. The second-order valence-electron chi connectivity index (χ2n) is 10.2. The highest BCUT2D eigenvalue weighted by atomic mass is 32.2. The lowest BCUT2D eigenvalue weighted by Crippen LogP contribution is -2.49. The third-order valence-electron chi connectivity index (χ3n) is 6.88. The van der Waals surface area contributed by atoms with Crippen molar-refractivity contribution in [2.75, 3.05) is 25.1 Å². The van der Waals surface area contributed by atoms with Gasteiger partial charge in [-0.3, -0.25) is 14.4 Å². The van der Waals surface area contributed by atoms with Crippen LogP contribution in [0.1, 0.15) is 45.0 Å². The fourth-order valence-corrected chi connectivity index (χ4v) is 5.13. The third-order valence-corrected chi connectivity index (χ3v) is 7.52. The Bertz CT molecular complexity index is 1260. The van der Waals surface area contributed by atoms with Crippen LogP contribution in [0.3, 0.4) is 0 Å². The second kappa shape index (κ2) is 14.1. The maximum absolute atomic E-state index is 13.5. The van der Waals surface area contributed by atoms with Crippen LogP contribution in [-0.4, -0.2) is 78.1 Å². The molecule has 1 aromatic carbocycles. The first-order valence-electron chi connectivity index (χ1n) is 13.7. The van der Waals surface area contributed by atoms with Crippen LogP contribution in [0.15, 0.2) is 49.1 Å². The van der Waals surface area contributed by atoms with Crippen LogP contribution in [0.4, 0.5) is 0 Å².